The summed E-state index contributed by atoms with van der Waals surface area (Å²) >= 11 is 2.64. The van der Waals surface area contributed by atoms with Crippen LogP contribution in [0.5, 0.6) is 0 Å². The predicted molar refractivity (Wildman–Crippen MR) is 52.7 cm³/mol. The van der Waals surface area contributed by atoms with Crippen LogP contribution in [0.25, 0.3) is 0 Å². The maximum absolute atomic E-state index is 2.29. The normalized spacial score (nSPS) is 12.7. The van der Waals surface area contributed by atoms with Crippen LogP contribution in [0, 0.1) is 5.92 Å². The molecular weight excluding hydrogens is 207 g/mol. The zero-order valence-corrected chi connectivity index (χ0v) is 9.71. The molecule has 0 fully saturated rings. The van der Waals surface area contributed by atoms with Gasteiger partial charge in [-0.25, -0.2) is 0 Å². The van der Waals surface area contributed by atoms with Gasteiger partial charge in [-0.1, -0.05) is 0 Å². The van der Waals surface area contributed by atoms with E-state index in [1.165, 1.54) is 5.32 Å². The number of hydrogen-bond acceptors (Lipinski definition) is 1. The Morgan fingerprint density at radius 3 is 2.50 bits per heavy atom. The summed E-state index contributed by atoms with van der Waals surface area (Å²) in [7, 11) is 0. The molecule has 0 unspecified atom stereocenters. The van der Waals surface area contributed by atoms with Crippen molar-refractivity contribution in [2.75, 3.05) is 6.26 Å². The van der Waals surface area contributed by atoms with Crippen LogP contribution in [0.15, 0.2) is 9.88 Å². The number of thioether (sulfide) groups is 1. The van der Waals surface area contributed by atoms with E-state index >= 15 is 0 Å². The molecule has 0 spiro atoms. The Balaban J connectivity index is 3.46. The molecule has 0 heterocycles. The van der Waals surface area contributed by atoms with Crippen molar-refractivity contribution in [3.05, 3.63) is 9.88 Å². The van der Waals surface area contributed by atoms with E-state index in [1.54, 1.807) is 3.80 Å². The Morgan fingerprint density at radius 2 is 2.20 bits per heavy atom. The zero-order chi connectivity index (χ0) is 7.98. The molecule has 2 heteroatoms. The summed E-state index contributed by atoms with van der Waals surface area (Å²) in [5, 5.41) is 1.38. The summed E-state index contributed by atoms with van der Waals surface area (Å²) in [5.74, 6) is 0.863. The van der Waals surface area contributed by atoms with Gasteiger partial charge >= 0.3 is 74.9 Å². The van der Waals surface area contributed by atoms with Crippen LogP contribution in [0.1, 0.15) is 20.8 Å². The van der Waals surface area contributed by atoms with Crippen molar-refractivity contribution >= 4 is 26.7 Å². The Kier molecular flexibility index (Phi) is 6.71. The quantitative estimate of drug-likeness (QED) is 0.660. The molecule has 0 radical (unpaired) electrons. The van der Waals surface area contributed by atoms with Gasteiger partial charge in [-0.2, -0.15) is 0 Å². The van der Waals surface area contributed by atoms with Crippen LogP contribution in [-0.4, -0.2) is 21.2 Å². The molecule has 0 amide bonds. The number of allylic oxidation sites excluding steroid dienone is 1. The minimum absolute atomic E-state index is 0.738. The van der Waals surface area contributed by atoms with Crippen molar-refractivity contribution in [1.82, 2.24) is 0 Å². The Bertz CT molecular complexity index is 108. The second-order valence-corrected chi connectivity index (χ2v) is 6.18. The van der Waals surface area contributed by atoms with E-state index in [9.17, 15) is 0 Å². The standard InChI is InChI=1S/C8H16SSe/c1-5-8(9-4)10-6-7(2)3/h5,7H,6H2,1-4H3/b8-5+. The maximum atomic E-state index is 2.29. The van der Waals surface area contributed by atoms with Crippen molar-refractivity contribution in [3.63, 3.8) is 0 Å². The fraction of sp³-hybridized carbons (Fsp3) is 0.750. The molecular formula is C8H16SSe. The molecule has 0 aromatic rings. The second kappa shape index (κ2) is 6.33. The molecule has 0 aliphatic rings. The van der Waals surface area contributed by atoms with Crippen LogP contribution in [0.2, 0.25) is 5.32 Å². The minimum atomic E-state index is 0.738. The summed E-state index contributed by atoms with van der Waals surface area (Å²) in [4.78, 5) is 0. The molecule has 10 heavy (non-hydrogen) atoms. The van der Waals surface area contributed by atoms with Gasteiger partial charge in [0.25, 0.3) is 0 Å². The molecule has 0 saturated carbocycles. The van der Waals surface area contributed by atoms with E-state index in [-0.39, 0.29) is 0 Å². The molecule has 0 saturated heterocycles. The van der Waals surface area contributed by atoms with Crippen LogP contribution in [0.4, 0.5) is 0 Å². The van der Waals surface area contributed by atoms with Gasteiger partial charge in [-0.05, 0) is 0 Å². The second-order valence-electron chi connectivity index (χ2n) is 2.52. The van der Waals surface area contributed by atoms with Crippen LogP contribution in [-0.2, 0) is 0 Å². The number of hydrogen-bond donors (Lipinski definition) is 0. The molecule has 0 nitrogen and oxygen atoms in total. The van der Waals surface area contributed by atoms with Gasteiger partial charge in [0, 0.05) is 0 Å². The van der Waals surface area contributed by atoms with Crippen molar-refractivity contribution in [2.45, 2.75) is 26.1 Å². The van der Waals surface area contributed by atoms with E-state index in [2.05, 4.69) is 33.1 Å². The van der Waals surface area contributed by atoms with Gasteiger partial charge in [0.05, 0.1) is 0 Å². The third kappa shape index (κ3) is 5.40. The van der Waals surface area contributed by atoms with Gasteiger partial charge in [0.15, 0.2) is 0 Å². The Labute approximate surface area is 75.0 Å². The van der Waals surface area contributed by atoms with E-state index in [4.69, 9.17) is 0 Å². The van der Waals surface area contributed by atoms with Gasteiger partial charge < -0.3 is 0 Å². The van der Waals surface area contributed by atoms with E-state index in [1.807, 2.05) is 11.8 Å². The molecule has 0 rings (SSSR count). The molecule has 60 valence electrons. The molecule has 0 N–H and O–H groups in total. The van der Waals surface area contributed by atoms with E-state index in [0.717, 1.165) is 20.9 Å². The van der Waals surface area contributed by atoms with Gasteiger partial charge in [-0.15, -0.1) is 0 Å². The predicted octanol–water partition coefficient (Wildman–Crippen LogP) is 2.99. The first-order chi connectivity index (χ1) is 4.70. The van der Waals surface area contributed by atoms with Crippen molar-refractivity contribution in [3.8, 4) is 0 Å². The first-order valence-electron chi connectivity index (χ1n) is 3.53. The summed E-state index contributed by atoms with van der Waals surface area (Å²) in [6.07, 6.45) is 4.41. The van der Waals surface area contributed by atoms with Crippen LogP contribution in [0.3, 0.4) is 0 Å². The van der Waals surface area contributed by atoms with E-state index < -0.39 is 0 Å². The van der Waals surface area contributed by atoms with Gasteiger partial charge in [-0.3, -0.25) is 0 Å². The van der Waals surface area contributed by atoms with Crippen molar-refractivity contribution in [1.29, 1.82) is 0 Å². The molecule has 0 aromatic carbocycles. The Hall–Kier alpha value is 0.609. The molecule has 0 aromatic heterocycles. The number of rotatable bonds is 4. The summed E-state index contributed by atoms with van der Waals surface area (Å²) in [6, 6.07) is 0. The molecule has 0 aliphatic heterocycles. The molecule has 0 aliphatic carbocycles. The first kappa shape index (κ1) is 10.6. The SMILES string of the molecule is C/C=C(\SC)[Se]CC(C)C. The monoisotopic (exact) mass is 224 g/mol. The van der Waals surface area contributed by atoms with Crippen molar-refractivity contribution in [2.24, 2.45) is 5.92 Å². The first-order valence-corrected chi connectivity index (χ1v) is 6.83. The van der Waals surface area contributed by atoms with Crippen LogP contribution >= 0.6 is 11.8 Å². The van der Waals surface area contributed by atoms with E-state index in [0.29, 0.717) is 0 Å². The molecule has 0 atom stereocenters. The fourth-order valence-corrected chi connectivity index (χ4v) is 3.35. The average Bonchev–Trinajstić information content (AvgIpc) is 1.90. The summed E-state index contributed by atoms with van der Waals surface area (Å²) < 4.78 is 1.58. The molecule has 0 bridgehead atoms. The third-order valence-corrected chi connectivity index (χ3v) is 6.14. The fourth-order valence-electron chi connectivity index (χ4n) is 0.509. The topological polar surface area (TPSA) is 0 Å². The third-order valence-electron chi connectivity index (χ3n) is 0.996. The van der Waals surface area contributed by atoms with Gasteiger partial charge in [0.2, 0.25) is 0 Å². The Morgan fingerprint density at radius 1 is 1.60 bits per heavy atom. The van der Waals surface area contributed by atoms with Crippen molar-refractivity contribution < 1.29 is 0 Å². The zero-order valence-electron chi connectivity index (χ0n) is 7.18. The van der Waals surface area contributed by atoms with Crippen LogP contribution < -0.4 is 0 Å². The summed E-state index contributed by atoms with van der Waals surface area (Å²) in [5.41, 5.74) is 0. The summed E-state index contributed by atoms with van der Waals surface area (Å²) in [6.45, 7) is 6.71. The van der Waals surface area contributed by atoms with Gasteiger partial charge in [0.1, 0.15) is 0 Å². The average molecular weight is 223 g/mol.